The molecule has 0 aromatic carbocycles. The molecule has 5 nitrogen and oxygen atoms in total. The van der Waals surface area contributed by atoms with E-state index in [1.165, 1.54) is 0 Å². The lowest BCUT2D eigenvalue weighted by molar-refractivity contribution is -0.122. The monoisotopic (exact) mass is 194 g/mol. The van der Waals surface area contributed by atoms with Gasteiger partial charge in [0.25, 0.3) is 0 Å². The van der Waals surface area contributed by atoms with Crippen LogP contribution in [0.1, 0.15) is 6.42 Å². The van der Waals surface area contributed by atoms with Crippen molar-refractivity contribution in [3.8, 4) is 0 Å². The van der Waals surface area contributed by atoms with E-state index < -0.39 is 0 Å². The molecule has 0 aliphatic carbocycles. The van der Waals surface area contributed by atoms with Crippen LogP contribution in [-0.4, -0.2) is 34.6 Å². The number of nitrogens with zero attached hydrogens (tertiary/aromatic N) is 2. The topological polar surface area (TPSA) is 59.0 Å². The Morgan fingerprint density at radius 1 is 1.64 bits per heavy atom. The van der Waals surface area contributed by atoms with Gasteiger partial charge in [-0.2, -0.15) is 0 Å². The second kappa shape index (κ2) is 4.23. The molecule has 1 saturated heterocycles. The van der Waals surface area contributed by atoms with E-state index in [1.807, 2.05) is 10.8 Å². The highest BCUT2D eigenvalue weighted by molar-refractivity contribution is 5.76. The summed E-state index contributed by atoms with van der Waals surface area (Å²) >= 11 is 0. The van der Waals surface area contributed by atoms with Crippen LogP contribution >= 0.6 is 0 Å². The summed E-state index contributed by atoms with van der Waals surface area (Å²) in [6.07, 6.45) is 5.82. The Kier molecular flexibility index (Phi) is 2.78. The molecular weight excluding hydrogens is 180 g/mol. The fourth-order valence-electron chi connectivity index (χ4n) is 1.34. The third-order valence-electron chi connectivity index (χ3n) is 2.30. The highest BCUT2D eigenvalue weighted by atomic mass is 16.1. The van der Waals surface area contributed by atoms with Gasteiger partial charge in [-0.1, -0.05) is 0 Å². The predicted octanol–water partition coefficient (Wildman–Crippen LogP) is -0.639. The van der Waals surface area contributed by atoms with Gasteiger partial charge in [-0.05, 0) is 0 Å². The van der Waals surface area contributed by atoms with Crippen LogP contribution in [0.15, 0.2) is 18.7 Å². The average Bonchev–Trinajstić information content (AvgIpc) is 2.60. The van der Waals surface area contributed by atoms with E-state index >= 15 is 0 Å². The predicted molar refractivity (Wildman–Crippen MR) is 51.6 cm³/mol. The third-order valence-corrected chi connectivity index (χ3v) is 2.30. The van der Waals surface area contributed by atoms with Crippen molar-refractivity contribution < 1.29 is 4.79 Å². The number of imidazole rings is 1. The lowest BCUT2D eigenvalue weighted by atomic mass is 10.2. The largest absolute Gasteiger partial charge is 0.351 e. The van der Waals surface area contributed by atoms with E-state index in [4.69, 9.17) is 0 Å². The maximum Gasteiger partial charge on any atom is 0.222 e. The van der Waals surface area contributed by atoms with Crippen LogP contribution in [-0.2, 0) is 11.3 Å². The number of carbonyl (C=O) groups is 1. The molecule has 14 heavy (non-hydrogen) atoms. The Bertz CT molecular complexity index is 292. The molecule has 2 heterocycles. The second-order valence-electron chi connectivity index (χ2n) is 3.47. The van der Waals surface area contributed by atoms with E-state index in [9.17, 15) is 4.79 Å². The average molecular weight is 194 g/mol. The van der Waals surface area contributed by atoms with Gasteiger partial charge < -0.3 is 15.2 Å². The van der Waals surface area contributed by atoms with Gasteiger partial charge in [0.15, 0.2) is 0 Å². The lowest BCUT2D eigenvalue weighted by Crippen LogP contribution is -2.57. The van der Waals surface area contributed by atoms with Gasteiger partial charge in [0.1, 0.15) is 0 Å². The number of hydrogen-bond donors (Lipinski definition) is 2. The minimum atomic E-state index is 0.116. The number of nitrogens with one attached hydrogen (secondary N) is 2. The molecule has 0 unspecified atom stereocenters. The van der Waals surface area contributed by atoms with Crippen LogP contribution in [0.3, 0.4) is 0 Å². The van der Waals surface area contributed by atoms with Crippen molar-refractivity contribution in [2.24, 2.45) is 0 Å². The van der Waals surface area contributed by atoms with Crippen LogP contribution in [0, 0.1) is 0 Å². The number of aryl methyl sites for hydroxylation is 1. The molecule has 2 N–H and O–H groups in total. The molecule has 0 atom stereocenters. The van der Waals surface area contributed by atoms with Crippen molar-refractivity contribution in [3.63, 3.8) is 0 Å². The van der Waals surface area contributed by atoms with Crippen molar-refractivity contribution in [2.75, 3.05) is 13.1 Å². The Morgan fingerprint density at radius 3 is 3.07 bits per heavy atom. The van der Waals surface area contributed by atoms with Crippen LogP contribution < -0.4 is 10.6 Å². The first kappa shape index (κ1) is 9.21. The van der Waals surface area contributed by atoms with Crippen molar-refractivity contribution in [1.29, 1.82) is 0 Å². The Labute approximate surface area is 82.5 Å². The van der Waals surface area contributed by atoms with Gasteiger partial charge in [-0.3, -0.25) is 4.79 Å². The van der Waals surface area contributed by atoms with Crippen molar-refractivity contribution in [2.45, 2.75) is 19.0 Å². The van der Waals surface area contributed by atoms with Gasteiger partial charge in [0.05, 0.1) is 12.4 Å². The minimum Gasteiger partial charge on any atom is -0.351 e. The summed E-state index contributed by atoms with van der Waals surface area (Å²) in [6, 6.07) is 0.338. The molecule has 1 aliphatic heterocycles. The molecule has 0 spiro atoms. The fourth-order valence-corrected chi connectivity index (χ4v) is 1.34. The first-order valence-corrected chi connectivity index (χ1v) is 4.80. The molecule has 1 aromatic rings. The van der Waals surface area contributed by atoms with Gasteiger partial charge >= 0.3 is 0 Å². The summed E-state index contributed by atoms with van der Waals surface area (Å²) in [7, 11) is 0. The lowest BCUT2D eigenvalue weighted by Gasteiger charge is -2.27. The molecule has 0 saturated carbocycles. The Hall–Kier alpha value is -1.36. The quantitative estimate of drug-likeness (QED) is 0.670. The summed E-state index contributed by atoms with van der Waals surface area (Å²) in [5.74, 6) is 0.116. The maximum absolute atomic E-state index is 11.4. The highest BCUT2D eigenvalue weighted by Gasteiger charge is 2.18. The minimum absolute atomic E-state index is 0.116. The van der Waals surface area contributed by atoms with E-state index in [-0.39, 0.29) is 5.91 Å². The van der Waals surface area contributed by atoms with Gasteiger partial charge in [0.2, 0.25) is 5.91 Å². The smallest absolute Gasteiger partial charge is 0.222 e. The van der Waals surface area contributed by atoms with Crippen LogP contribution in [0.2, 0.25) is 0 Å². The molecule has 1 aromatic heterocycles. The SMILES string of the molecule is O=C(CCn1ccnc1)NC1CNC1. The van der Waals surface area contributed by atoms with Crippen molar-refractivity contribution in [1.82, 2.24) is 20.2 Å². The number of aromatic nitrogens is 2. The normalized spacial score (nSPS) is 16.3. The standard InChI is InChI=1S/C9H14N4O/c14-9(12-8-5-11-6-8)1-3-13-4-2-10-7-13/h2,4,7-8,11H,1,3,5-6H2,(H,12,14). The number of carbonyl (C=O) groups excluding carboxylic acids is 1. The van der Waals surface area contributed by atoms with Crippen LogP contribution in [0.25, 0.3) is 0 Å². The molecule has 76 valence electrons. The zero-order chi connectivity index (χ0) is 9.80. The maximum atomic E-state index is 11.4. The first-order chi connectivity index (χ1) is 6.84. The number of amides is 1. The zero-order valence-corrected chi connectivity index (χ0v) is 7.94. The molecular formula is C9H14N4O. The van der Waals surface area contributed by atoms with E-state index in [0.29, 0.717) is 19.0 Å². The van der Waals surface area contributed by atoms with Crippen LogP contribution in [0.4, 0.5) is 0 Å². The van der Waals surface area contributed by atoms with E-state index in [0.717, 1.165) is 13.1 Å². The summed E-state index contributed by atoms with van der Waals surface area (Å²) in [5.41, 5.74) is 0. The number of rotatable bonds is 4. The van der Waals surface area contributed by atoms with Crippen LogP contribution in [0.5, 0.6) is 0 Å². The molecule has 1 aliphatic rings. The molecule has 1 fully saturated rings. The van der Waals surface area contributed by atoms with Gasteiger partial charge in [0, 0.05) is 38.4 Å². The molecule has 1 amide bonds. The molecule has 5 heteroatoms. The summed E-state index contributed by atoms with van der Waals surface area (Å²) in [6.45, 7) is 2.50. The Balaban J connectivity index is 1.67. The summed E-state index contributed by atoms with van der Waals surface area (Å²) in [4.78, 5) is 15.3. The third kappa shape index (κ3) is 2.32. The van der Waals surface area contributed by atoms with Gasteiger partial charge in [-0.15, -0.1) is 0 Å². The first-order valence-electron chi connectivity index (χ1n) is 4.80. The summed E-state index contributed by atoms with van der Waals surface area (Å²) in [5, 5.41) is 6.05. The van der Waals surface area contributed by atoms with Gasteiger partial charge in [-0.25, -0.2) is 4.98 Å². The van der Waals surface area contributed by atoms with E-state index in [1.54, 1.807) is 12.5 Å². The van der Waals surface area contributed by atoms with Crippen molar-refractivity contribution >= 4 is 5.91 Å². The molecule has 2 rings (SSSR count). The summed E-state index contributed by atoms with van der Waals surface area (Å²) < 4.78 is 1.90. The molecule has 0 radical (unpaired) electrons. The molecule has 0 bridgehead atoms. The highest BCUT2D eigenvalue weighted by Crippen LogP contribution is 1.94. The number of hydrogen-bond acceptors (Lipinski definition) is 3. The second-order valence-corrected chi connectivity index (χ2v) is 3.47. The Morgan fingerprint density at radius 2 is 2.50 bits per heavy atom. The fraction of sp³-hybridized carbons (Fsp3) is 0.556. The van der Waals surface area contributed by atoms with E-state index in [2.05, 4.69) is 15.6 Å². The van der Waals surface area contributed by atoms with Crippen molar-refractivity contribution in [3.05, 3.63) is 18.7 Å². The zero-order valence-electron chi connectivity index (χ0n) is 7.94.